The Labute approximate surface area is 197 Å². The van der Waals surface area contributed by atoms with Gasteiger partial charge in [-0.3, -0.25) is 4.79 Å². The standard InChI is InChI=1S/C24H27ClN4O2S/c1-31-15-5-14-29-23(18-10-12-19(25)13-11-18)27-28-24(29)32-16-22(30)26-21-9-4-7-17-6-2-3-8-20(17)21/h2-3,6,8,10-13,21H,4-5,7,9,14-16H2,1H3,(H,26,30). The highest BCUT2D eigenvalue weighted by molar-refractivity contribution is 7.99. The van der Waals surface area contributed by atoms with Crippen LogP contribution in [0.5, 0.6) is 0 Å². The van der Waals surface area contributed by atoms with E-state index in [1.165, 1.54) is 22.9 Å². The third-order valence-electron chi connectivity index (χ3n) is 5.59. The van der Waals surface area contributed by atoms with Gasteiger partial charge in [-0.15, -0.1) is 10.2 Å². The van der Waals surface area contributed by atoms with E-state index in [9.17, 15) is 4.79 Å². The van der Waals surface area contributed by atoms with Gasteiger partial charge in [0.25, 0.3) is 0 Å². The van der Waals surface area contributed by atoms with E-state index in [-0.39, 0.29) is 11.9 Å². The number of benzene rings is 2. The molecular formula is C24H27ClN4O2S. The number of aryl methyl sites for hydroxylation is 1. The number of aromatic nitrogens is 3. The lowest BCUT2D eigenvalue weighted by atomic mass is 9.88. The maximum Gasteiger partial charge on any atom is 0.230 e. The quantitative estimate of drug-likeness (QED) is 0.355. The van der Waals surface area contributed by atoms with Crippen molar-refractivity contribution in [2.45, 2.75) is 43.4 Å². The Hall–Kier alpha value is -2.35. The SMILES string of the molecule is COCCCn1c(SCC(=O)NC2CCCc3ccccc32)nnc1-c1ccc(Cl)cc1. The predicted molar refractivity (Wildman–Crippen MR) is 128 cm³/mol. The lowest BCUT2D eigenvalue weighted by Gasteiger charge is -2.26. The number of halogens is 1. The van der Waals surface area contributed by atoms with Gasteiger partial charge >= 0.3 is 0 Å². The van der Waals surface area contributed by atoms with Crippen molar-refractivity contribution in [2.75, 3.05) is 19.5 Å². The molecule has 0 bridgehead atoms. The average Bonchev–Trinajstić information content (AvgIpc) is 3.21. The Morgan fingerprint density at radius 1 is 1.22 bits per heavy atom. The molecule has 1 aliphatic carbocycles. The third kappa shape index (κ3) is 5.52. The first-order valence-corrected chi connectivity index (χ1v) is 12.2. The summed E-state index contributed by atoms with van der Waals surface area (Å²) in [5, 5.41) is 13.4. The molecule has 1 N–H and O–H groups in total. The van der Waals surface area contributed by atoms with Crippen LogP contribution in [0, 0.1) is 0 Å². The molecule has 0 radical (unpaired) electrons. The summed E-state index contributed by atoms with van der Waals surface area (Å²) in [6, 6.07) is 16.0. The van der Waals surface area contributed by atoms with Crippen LogP contribution in [0.3, 0.4) is 0 Å². The molecule has 4 rings (SSSR count). The second-order valence-electron chi connectivity index (χ2n) is 7.81. The predicted octanol–water partition coefficient (Wildman–Crippen LogP) is 4.92. The van der Waals surface area contributed by atoms with Crippen molar-refractivity contribution in [2.24, 2.45) is 0 Å². The zero-order valence-electron chi connectivity index (χ0n) is 18.1. The fraction of sp³-hybridized carbons (Fsp3) is 0.375. The summed E-state index contributed by atoms with van der Waals surface area (Å²) < 4.78 is 7.26. The second-order valence-corrected chi connectivity index (χ2v) is 9.19. The monoisotopic (exact) mass is 470 g/mol. The van der Waals surface area contributed by atoms with E-state index < -0.39 is 0 Å². The van der Waals surface area contributed by atoms with Gasteiger partial charge in [0.1, 0.15) is 0 Å². The first-order chi connectivity index (χ1) is 15.7. The van der Waals surface area contributed by atoms with Crippen LogP contribution in [-0.4, -0.2) is 40.1 Å². The van der Waals surface area contributed by atoms with Gasteiger partial charge in [-0.25, -0.2) is 0 Å². The van der Waals surface area contributed by atoms with Crippen molar-refractivity contribution in [1.29, 1.82) is 0 Å². The smallest absolute Gasteiger partial charge is 0.230 e. The highest BCUT2D eigenvalue weighted by Gasteiger charge is 2.22. The summed E-state index contributed by atoms with van der Waals surface area (Å²) in [6.45, 7) is 1.35. The lowest BCUT2D eigenvalue weighted by molar-refractivity contribution is -0.119. The zero-order chi connectivity index (χ0) is 22.3. The number of hydrogen-bond acceptors (Lipinski definition) is 5. The van der Waals surface area contributed by atoms with Gasteiger partial charge in [-0.2, -0.15) is 0 Å². The van der Waals surface area contributed by atoms with Crippen molar-refractivity contribution >= 4 is 29.3 Å². The number of nitrogens with one attached hydrogen (secondary N) is 1. The normalized spacial score (nSPS) is 15.4. The van der Waals surface area contributed by atoms with Crippen molar-refractivity contribution in [3.8, 4) is 11.4 Å². The molecule has 1 aliphatic rings. The topological polar surface area (TPSA) is 69.0 Å². The number of carbonyl (C=O) groups excluding carboxylic acids is 1. The van der Waals surface area contributed by atoms with Crippen LogP contribution in [0.4, 0.5) is 0 Å². The molecule has 3 aromatic rings. The van der Waals surface area contributed by atoms with Gasteiger partial charge in [0.2, 0.25) is 5.91 Å². The van der Waals surface area contributed by atoms with Gasteiger partial charge in [-0.1, -0.05) is 47.6 Å². The number of rotatable bonds is 9. The van der Waals surface area contributed by atoms with Crippen molar-refractivity contribution < 1.29 is 9.53 Å². The van der Waals surface area contributed by atoms with Gasteiger partial charge < -0.3 is 14.6 Å². The molecule has 6 nitrogen and oxygen atoms in total. The second kappa shape index (κ2) is 11.0. The Balaban J connectivity index is 1.44. The van der Waals surface area contributed by atoms with E-state index in [0.717, 1.165) is 42.2 Å². The summed E-state index contributed by atoms with van der Waals surface area (Å²) in [7, 11) is 1.69. The molecule has 1 heterocycles. The molecule has 0 saturated heterocycles. The minimum atomic E-state index is 0.0104. The summed E-state index contributed by atoms with van der Waals surface area (Å²) in [5.41, 5.74) is 3.52. The van der Waals surface area contributed by atoms with Crippen LogP contribution in [0.1, 0.15) is 36.4 Å². The fourth-order valence-electron chi connectivity index (χ4n) is 4.05. The summed E-state index contributed by atoms with van der Waals surface area (Å²) >= 11 is 7.45. The Bertz CT molecular complexity index is 1050. The van der Waals surface area contributed by atoms with E-state index >= 15 is 0 Å². The van der Waals surface area contributed by atoms with Crippen molar-refractivity contribution in [1.82, 2.24) is 20.1 Å². The Kier molecular flexibility index (Phi) is 7.84. The fourth-order valence-corrected chi connectivity index (χ4v) is 4.95. The Morgan fingerprint density at radius 3 is 2.84 bits per heavy atom. The number of carbonyl (C=O) groups is 1. The molecule has 1 atom stereocenters. The third-order valence-corrected chi connectivity index (χ3v) is 6.81. The van der Waals surface area contributed by atoms with Gasteiger partial charge in [0, 0.05) is 30.8 Å². The minimum Gasteiger partial charge on any atom is -0.385 e. The van der Waals surface area contributed by atoms with Gasteiger partial charge in [-0.05, 0) is 61.1 Å². The van der Waals surface area contributed by atoms with Gasteiger partial charge in [0.05, 0.1) is 11.8 Å². The molecule has 0 fully saturated rings. The molecule has 1 unspecified atom stereocenters. The molecule has 0 spiro atoms. The highest BCUT2D eigenvalue weighted by atomic mass is 35.5. The number of hydrogen-bond donors (Lipinski definition) is 1. The number of ether oxygens (including phenoxy) is 1. The molecular weight excluding hydrogens is 444 g/mol. The lowest BCUT2D eigenvalue weighted by Crippen LogP contribution is -2.32. The number of thioether (sulfide) groups is 1. The Morgan fingerprint density at radius 2 is 2.03 bits per heavy atom. The van der Waals surface area contributed by atoms with Crippen LogP contribution in [-0.2, 0) is 22.5 Å². The van der Waals surface area contributed by atoms with Crippen LogP contribution < -0.4 is 5.32 Å². The number of nitrogens with zero attached hydrogens (tertiary/aromatic N) is 3. The maximum absolute atomic E-state index is 12.8. The summed E-state index contributed by atoms with van der Waals surface area (Å²) in [4.78, 5) is 12.8. The molecule has 8 heteroatoms. The van der Waals surface area contributed by atoms with E-state index in [0.29, 0.717) is 23.9 Å². The molecule has 0 aliphatic heterocycles. The molecule has 168 valence electrons. The van der Waals surface area contributed by atoms with Crippen LogP contribution in [0.2, 0.25) is 5.02 Å². The molecule has 0 saturated carbocycles. The van der Waals surface area contributed by atoms with Crippen LogP contribution in [0.15, 0.2) is 53.7 Å². The molecule has 1 amide bonds. The highest BCUT2D eigenvalue weighted by Crippen LogP contribution is 2.30. The zero-order valence-corrected chi connectivity index (χ0v) is 19.7. The largest absolute Gasteiger partial charge is 0.385 e. The van der Waals surface area contributed by atoms with Crippen LogP contribution in [0.25, 0.3) is 11.4 Å². The molecule has 2 aromatic carbocycles. The van der Waals surface area contributed by atoms with Crippen molar-refractivity contribution in [3.63, 3.8) is 0 Å². The van der Waals surface area contributed by atoms with Crippen molar-refractivity contribution in [3.05, 3.63) is 64.7 Å². The molecule has 32 heavy (non-hydrogen) atoms. The first kappa shape index (κ1) is 22.8. The van der Waals surface area contributed by atoms with E-state index in [2.05, 4.69) is 38.3 Å². The summed E-state index contributed by atoms with van der Waals surface area (Å²) in [6.07, 6.45) is 3.97. The number of amides is 1. The number of methoxy groups -OCH3 is 1. The average molecular weight is 471 g/mol. The first-order valence-electron chi connectivity index (χ1n) is 10.8. The number of fused-ring (bicyclic) bond motifs is 1. The molecule has 1 aromatic heterocycles. The minimum absolute atomic E-state index is 0.0104. The summed E-state index contributed by atoms with van der Waals surface area (Å²) in [5.74, 6) is 1.07. The van der Waals surface area contributed by atoms with E-state index in [4.69, 9.17) is 16.3 Å². The van der Waals surface area contributed by atoms with E-state index in [1.807, 2.05) is 30.3 Å². The van der Waals surface area contributed by atoms with E-state index in [1.54, 1.807) is 7.11 Å². The van der Waals surface area contributed by atoms with Crippen LogP contribution >= 0.6 is 23.4 Å². The maximum atomic E-state index is 12.8. The van der Waals surface area contributed by atoms with Gasteiger partial charge in [0.15, 0.2) is 11.0 Å².